The van der Waals surface area contributed by atoms with E-state index >= 15 is 0 Å². The van der Waals surface area contributed by atoms with Crippen molar-refractivity contribution in [3.05, 3.63) is 107 Å². The van der Waals surface area contributed by atoms with Gasteiger partial charge in [-0.2, -0.15) is 0 Å². The summed E-state index contributed by atoms with van der Waals surface area (Å²) in [5.41, 5.74) is 8.15. The zero-order valence-electron chi connectivity index (χ0n) is 24.3. The number of hydrazine groups is 1. The Morgan fingerprint density at radius 3 is 2.29 bits per heavy atom. The first-order valence-corrected chi connectivity index (χ1v) is 13.9. The van der Waals surface area contributed by atoms with Gasteiger partial charge in [-0.15, -0.1) is 0 Å². The molecule has 1 fully saturated rings. The largest absolute Gasteiger partial charge is 0.487 e. The Morgan fingerprint density at radius 1 is 0.878 bits per heavy atom. The summed E-state index contributed by atoms with van der Waals surface area (Å²) in [6.07, 6.45) is 0.997. The molecule has 0 unspecified atom stereocenters. The van der Waals surface area contributed by atoms with Crippen molar-refractivity contribution < 1.29 is 19.1 Å². The molecule has 1 heterocycles. The van der Waals surface area contributed by atoms with E-state index in [0.717, 1.165) is 40.6 Å². The minimum atomic E-state index is -0.724. The van der Waals surface area contributed by atoms with Crippen LogP contribution in [0.5, 0.6) is 5.75 Å². The van der Waals surface area contributed by atoms with Crippen molar-refractivity contribution in [1.82, 2.24) is 15.8 Å². The predicted molar refractivity (Wildman–Crippen MR) is 160 cm³/mol. The van der Waals surface area contributed by atoms with E-state index < -0.39 is 17.6 Å². The maximum Gasteiger partial charge on any atom is 0.426 e. The number of nitrogens with zero attached hydrogens (tertiary/aromatic N) is 1. The molecule has 41 heavy (non-hydrogen) atoms. The van der Waals surface area contributed by atoms with Gasteiger partial charge in [-0.25, -0.2) is 15.2 Å². The summed E-state index contributed by atoms with van der Waals surface area (Å²) in [4.78, 5) is 30.5. The molecule has 0 saturated heterocycles. The fraction of sp³-hybridized carbons (Fsp3) is 0.324. The van der Waals surface area contributed by atoms with Crippen LogP contribution in [0.25, 0.3) is 10.9 Å². The van der Waals surface area contributed by atoms with E-state index in [9.17, 15) is 9.59 Å². The monoisotopic (exact) mass is 551 g/mol. The lowest BCUT2D eigenvalue weighted by Gasteiger charge is -2.54. The molecule has 7 nitrogen and oxygen atoms in total. The van der Waals surface area contributed by atoms with Crippen molar-refractivity contribution in [1.29, 1.82) is 0 Å². The van der Waals surface area contributed by atoms with E-state index in [-0.39, 0.29) is 10.8 Å². The lowest BCUT2D eigenvalue weighted by atomic mass is 9.49. The van der Waals surface area contributed by atoms with Crippen molar-refractivity contribution >= 4 is 22.9 Å². The molecule has 5 rings (SSSR count). The van der Waals surface area contributed by atoms with Crippen LogP contribution in [0.1, 0.15) is 74.6 Å². The summed E-state index contributed by atoms with van der Waals surface area (Å²) in [6.45, 7) is 10.1. The third-order valence-electron chi connectivity index (χ3n) is 7.36. The maximum absolute atomic E-state index is 13.5. The zero-order chi connectivity index (χ0) is 29.3. The minimum absolute atomic E-state index is 0.101. The van der Waals surface area contributed by atoms with Crippen LogP contribution in [-0.4, -0.2) is 22.6 Å². The zero-order valence-corrected chi connectivity index (χ0v) is 24.3. The second kappa shape index (κ2) is 10.9. The SMILES string of the molecule is CC1(C)CC(c2ccccc2)(c2cc(OCc3ccc4ccccc4n3)ccc2C(=O)NNC(=O)OC(C)(C)C)C1. The molecule has 7 heteroatoms. The van der Waals surface area contributed by atoms with Crippen LogP contribution in [-0.2, 0) is 16.8 Å². The number of nitrogens with one attached hydrogen (secondary N) is 2. The topological polar surface area (TPSA) is 89.5 Å². The Kier molecular flexibility index (Phi) is 7.47. The highest BCUT2D eigenvalue weighted by Crippen LogP contribution is 2.59. The maximum atomic E-state index is 13.5. The average Bonchev–Trinajstić information content (AvgIpc) is 2.92. The van der Waals surface area contributed by atoms with E-state index in [1.807, 2.05) is 60.7 Å². The highest BCUT2D eigenvalue weighted by atomic mass is 16.6. The quantitative estimate of drug-likeness (QED) is 0.250. The van der Waals surface area contributed by atoms with E-state index in [2.05, 4.69) is 36.8 Å². The van der Waals surface area contributed by atoms with Gasteiger partial charge in [0.05, 0.1) is 11.2 Å². The molecule has 0 bridgehead atoms. The molecule has 2 amide bonds. The molecule has 0 atom stereocenters. The Morgan fingerprint density at radius 2 is 1.59 bits per heavy atom. The molecule has 0 spiro atoms. The molecule has 0 radical (unpaired) electrons. The lowest BCUT2D eigenvalue weighted by Crippen LogP contribution is -2.49. The Bertz CT molecular complexity index is 1570. The van der Waals surface area contributed by atoms with Crippen molar-refractivity contribution in [2.24, 2.45) is 5.41 Å². The average molecular weight is 552 g/mol. The van der Waals surface area contributed by atoms with Crippen LogP contribution >= 0.6 is 0 Å². The van der Waals surface area contributed by atoms with E-state index in [4.69, 9.17) is 14.5 Å². The molecule has 3 aromatic carbocycles. The van der Waals surface area contributed by atoms with Gasteiger partial charge >= 0.3 is 6.09 Å². The highest BCUT2D eigenvalue weighted by Gasteiger charge is 2.52. The third kappa shape index (κ3) is 6.35. The van der Waals surface area contributed by atoms with Crippen molar-refractivity contribution in [2.45, 2.75) is 65.1 Å². The molecular formula is C34H37N3O4. The van der Waals surface area contributed by atoms with Gasteiger partial charge < -0.3 is 9.47 Å². The normalized spacial score (nSPS) is 15.4. The van der Waals surface area contributed by atoms with Crippen LogP contribution in [0, 0.1) is 5.41 Å². The van der Waals surface area contributed by atoms with Crippen LogP contribution < -0.4 is 15.6 Å². The van der Waals surface area contributed by atoms with Gasteiger partial charge in [-0.3, -0.25) is 10.2 Å². The number of hydrogen-bond acceptors (Lipinski definition) is 5. The van der Waals surface area contributed by atoms with E-state index in [1.54, 1.807) is 32.9 Å². The summed E-state index contributed by atoms with van der Waals surface area (Å²) in [6, 6.07) is 27.8. The lowest BCUT2D eigenvalue weighted by molar-refractivity contribution is 0.0482. The molecule has 0 aliphatic heterocycles. The summed E-state index contributed by atoms with van der Waals surface area (Å²) in [5.74, 6) is 0.222. The van der Waals surface area contributed by atoms with Crippen molar-refractivity contribution in [3.63, 3.8) is 0 Å². The number of carbonyl (C=O) groups is 2. The number of carbonyl (C=O) groups excluding carboxylic acids is 2. The molecule has 2 N–H and O–H groups in total. The number of amides is 2. The fourth-order valence-corrected chi connectivity index (χ4v) is 5.92. The first-order chi connectivity index (χ1) is 19.4. The summed E-state index contributed by atoms with van der Waals surface area (Å²) >= 11 is 0. The summed E-state index contributed by atoms with van der Waals surface area (Å²) in [5, 5.41) is 1.08. The number of benzene rings is 3. The third-order valence-corrected chi connectivity index (χ3v) is 7.36. The number of aromatic nitrogens is 1. The van der Waals surface area contributed by atoms with Gasteiger partial charge in [0, 0.05) is 16.4 Å². The second-order valence-electron chi connectivity index (χ2n) is 12.5. The summed E-state index contributed by atoms with van der Waals surface area (Å²) in [7, 11) is 0. The minimum Gasteiger partial charge on any atom is -0.487 e. The summed E-state index contributed by atoms with van der Waals surface area (Å²) < 4.78 is 11.5. The number of hydrogen-bond donors (Lipinski definition) is 2. The molecule has 1 saturated carbocycles. The number of rotatable bonds is 6. The number of fused-ring (bicyclic) bond motifs is 1. The molecule has 1 aliphatic carbocycles. The smallest absolute Gasteiger partial charge is 0.426 e. The Labute approximate surface area is 241 Å². The van der Waals surface area contributed by atoms with Gasteiger partial charge in [0.2, 0.25) is 0 Å². The number of pyridine rings is 1. The van der Waals surface area contributed by atoms with E-state index in [1.165, 1.54) is 0 Å². The fourth-order valence-electron chi connectivity index (χ4n) is 5.92. The Hall–Kier alpha value is -4.39. The first kappa shape index (κ1) is 28.1. The molecular weight excluding hydrogens is 514 g/mol. The van der Waals surface area contributed by atoms with Gasteiger partial charge in [0.25, 0.3) is 5.91 Å². The highest BCUT2D eigenvalue weighted by molar-refractivity contribution is 5.97. The van der Waals surface area contributed by atoms with Gasteiger partial charge in [0.1, 0.15) is 18.0 Å². The standard InChI is InChI=1S/C34H37N3O4/c1-32(2,3)41-31(39)37-36-30(38)27-18-17-26(40-20-25-16-15-23-11-9-10-14-29(23)35-25)19-28(27)34(21-33(4,5)22-34)24-12-7-6-8-13-24/h6-19H,20-22H2,1-5H3,(H,36,38)(H,37,39). The molecule has 212 valence electrons. The molecule has 1 aromatic heterocycles. The van der Waals surface area contributed by atoms with Gasteiger partial charge in [-0.1, -0.05) is 68.4 Å². The molecule has 1 aliphatic rings. The van der Waals surface area contributed by atoms with Gasteiger partial charge in [-0.05, 0) is 80.5 Å². The second-order valence-corrected chi connectivity index (χ2v) is 12.5. The van der Waals surface area contributed by atoms with Crippen LogP contribution in [0.3, 0.4) is 0 Å². The Balaban J connectivity index is 1.46. The number of para-hydroxylation sites is 1. The van der Waals surface area contributed by atoms with Crippen LogP contribution in [0.15, 0.2) is 84.9 Å². The first-order valence-electron chi connectivity index (χ1n) is 13.9. The van der Waals surface area contributed by atoms with Crippen molar-refractivity contribution in [2.75, 3.05) is 0 Å². The molecule has 4 aromatic rings. The van der Waals surface area contributed by atoms with Crippen LogP contribution in [0.2, 0.25) is 0 Å². The van der Waals surface area contributed by atoms with Crippen molar-refractivity contribution in [3.8, 4) is 5.75 Å². The van der Waals surface area contributed by atoms with E-state index in [0.29, 0.717) is 17.9 Å². The van der Waals surface area contributed by atoms with Crippen LogP contribution in [0.4, 0.5) is 4.79 Å². The number of ether oxygens (including phenoxy) is 2. The predicted octanol–water partition coefficient (Wildman–Crippen LogP) is 7.09. The van der Waals surface area contributed by atoms with Gasteiger partial charge in [0.15, 0.2) is 0 Å².